The zero-order valence-corrected chi connectivity index (χ0v) is 9.47. The van der Waals surface area contributed by atoms with Crippen molar-refractivity contribution in [1.29, 1.82) is 0 Å². The lowest BCUT2D eigenvalue weighted by Gasteiger charge is -2.29. The van der Waals surface area contributed by atoms with E-state index in [1.165, 1.54) is 12.1 Å². The first kappa shape index (κ1) is 11.5. The van der Waals surface area contributed by atoms with Gasteiger partial charge in [0.05, 0.1) is 0 Å². The Kier molecular flexibility index (Phi) is 3.54. The molecule has 0 aliphatic heterocycles. The Morgan fingerprint density at radius 2 is 1.81 bits per heavy atom. The highest BCUT2D eigenvalue weighted by molar-refractivity contribution is 5.22. The first-order chi connectivity index (χ1) is 7.69. The van der Waals surface area contributed by atoms with Crippen LogP contribution in [-0.2, 0) is 0 Å². The summed E-state index contributed by atoms with van der Waals surface area (Å²) in [4.78, 5) is 0. The van der Waals surface area contributed by atoms with Crippen LogP contribution in [0.25, 0.3) is 0 Å². The zero-order chi connectivity index (χ0) is 11.5. The van der Waals surface area contributed by atoms with E-state index in [-0.39, 0.29) is 5.92 Å². The Hall–Kier alpha value is -0.960. The van der Waals surface area contributed by atoms with Crippen molar-refractivity contribution in [3.05, 3.63) is 35.4 Å². The molecule has 16 heavy (non-hydrogen) atoms. The van der Waals surface area contributed by atoms with Gasteiger partial charge in [-0.15, -0.1) is 0 Å². The van der Waals surface area contributed by atoms with E-state index >= 15 is 0 Å². The Bertz CT molecular complexity index is 345. The Labute approximate surface area is 94.9 Å². The number of benzene rings is 1. The van der Waals surface area contributed by atoms with E-state index in [0.29, 0.717) is 6.04 Å². The minimum absolute atomic E-state index is 0.288. The normalized spacial score (nSPS) is 25.7. The van der Waals surface area contributed by atoms with Crippen molar-refractivity contribution in [3.8, 4) is 0 Å². The van der Waals surface area contributed by atoms with Gasteiger partial charge in [0, 0.05) is 12.1 Å². The average Bonchev–Trinajstić information content (AvgIpc) is 2.28. The summed E-state index contributed by atoms with van der Waals surface area (Å²) in [6, 6.07) is 4.34. The molecule has 1 saturated carbocycles. The van der Waals surface area contributed by atoms with Gasteiger partial charge in [-0.25, -0.2) is 8.78 Å². The molecule has 1 fully saturated rings. The molecular weight excluding hydrogens is 208 g/mol. The Morgan fingerprint density at radius 3 is 2.44 bits per heavy atom. The molecule has 0 spiro atoms. The van der Waals surface area contributed by atoms with Gasteiger partial charge in [0.2, 0.25) is 0 Å². The van der Waals surface area contributed by atoms with Crippen molar-refractivity contribution >= 4 is 0 Å². The largest absolute Gasteiger partial charge is 0.317 e. The van der Waals surface area contributed by atoms with Gasteiger partial charge >= 0.3 is 0 Å². The maximum atomic E-state index is 13.1. The van der Waals surface area contributed by atoms with Crippen LogP contribution in [-0.4, -0.2) is 13.1 Å². The third kappa shape index (κ3) is 2.59. The summed E-state index contributed by atoms with van der Waals surface area (Å²) >= 11 is 0. The molecule has 2 atom stereocenters. The molecular formula is C13H17F2N. The minimum Gasteiger partial charge on any atom is -0.317 e. The van der Waals surface area contributed by atoms with Crippen molar-refractivity contribution < 1.29 is 8.78 Å². The highest BCUT2D eigenvalue weighted by atomic mass is 19.1. The zero-order valence-electron chi connectivity index (χ0n) is 9.47. The number of hydrogen-bond donors (Lipinski definition) is 1. The van der Waals surface area contributed by atoms with Crippen LogP contribution in [0.4, 0.5) is 8.78 Å². The molecule has 0 heterocycles. The van der Waals surface area contributed by atoms with E-state index < -0.39 is 11.6 Å². The van der Waals surface area contributed by atoms with Crippen molar-refractivity contribution in [2.24, 2.45) is 0 Å². The van der Waals surface area contributed by atoms with Crippen LogP contribution in [0.15, 0.2) is 18.2 Å². The number of rotatable bonds is 2. The fourth-order valence-electron chi connectivity index (χ4n) is 2.57. The predicted octanol–water partition coefficient (Wildman–Crippen LogP) is 3.21. The SMILES string of the molecule is CNC1CCCC(c2cc(F)cc(F)c2)C1. The van der Waals surface area contributed by atoms with Gasteiger partial charge in [-0.1, -0.05) is 6.42 Å². The fourth-order valence-corrected chi connectivity index (χ4v) is 2.57. The predicted molar refractivity (Wildman–Crippen MR) is 60.4 cm³/mol. The quantitative estimate of drug-likeness (QED) is 0.815. The highest BCUT2D eigenvalue weighted by Crippen LogP contribution is 2.33. The van der Waals surface area contributed by atoms with Crippen molar-refractivity contribution in [1.82, 2.24) is 5.32 Å². The average molecular weight is 225 g/mol. The summed E-state index contributed by atoms with van der Waals surface area (Å²) in [6.45, 7) is 0. The molecule has 1 N–H and O–H groups in total. The summed E-state index contributed by atoms with van der Waals surface area (Å²) in [5.41, 5.74) is 0.803. The second kappa shape index (κ2) is 4.91. The standard InChI is InChI=1S/C13H17F2N/c1-16-13-4-2-3-9(7-13)10-5-11(14)8-12(15)6-10/h5-6,8-9,13,16H,2-4,7H2,1H3. The molecule has 1 aromatic carbocycles. The molecule has 2 unspecified atom stereocenters. The first-order valence-electron chi connectivity index (χ1n) is 5.82. The van der Waals surface area contributed by atoms with Crippen molar-refractivity contribution in [2.75, 3.05) is 7.05 Å². The van der Waals surface area contributed by atoms with Crippen LogP contribution in [0.1, 0.15) is 37.2 Å². The molecule has 0 bridgehead atoms. The summed E-state index contributed by atoms with van der Waals surface area (Å²) in [5.74, 6) is -0.653. The van der Waals surface area contributed by atoms with Gasteiger partial charge in [0.15, 0.2) is 0 Å². The van der Waals surface area contributed by atoms with E-state index in [1.54, 1.807) is 0 Å². The van der Waals surface area contributed by atoms with Crippen molar-refractivity contribution in [3.63, 3.8) is 0 Å². The minimum atomic E-state index is -0.471. The molecule has 1 nitrogen and oxygen atoms in total. The molecule has 1 aliphatic carbocycles. The van der Waals surface area contributed by atoms with Gasteiger partial charge in [-0.2, -0.15) is 0 Å². The van der Waals surface area contributed by atoms with Crippen LogP contribution in [0.2, 0.25) is 0 Å². The van der Waals surface area contributed by atoms with Gasteiger partial charge < -0.3 is 5.32 Å². The maximum absolute atomic E-state index is 13.1. The van der Waals surface area contributed by atoms with E-state index in [1.807, 2.05) is 7.05 Å². The summed E-state index contributed by atoms with van der Waals surface area (Å²) in [6.07, 6.45) is 4.28. The molecule has 0 aromatic heterocycles. The molecule has 88 valence electrons. The second-order valence-corrected chi connectivity index (χ2v) is 4.55. The van der Waals surface area contributed by atoms with Crippen molar-refractivity contribution in [2.45, 2.75) is 37.6 Å². The number of nitrogens with one attached hydrogen (secondary N) is 1. The molecule has 0 radical (unpaired) electrons. The summed E-state index contributed by atoms with van der Waals surface area (Å²) < 4.78 is 26.2. The van der Waals surface area contributed by atoms with Crippen LogP contribution in [0.5, 0.6) is 0 Å². The maximum Gasteiger partial charge on any atom is 0.126 e. The van der Waals surface area contributed by atoms with Gasteiger partial charge in [0.1, 0.15) is 11.6 Å². The second-order valence-electron chi connectivity index (χ2n) is 4.55. The molecule has 0 amide bonds. The van der Waals surface area contributed by atoms with Gasteiger partial charge in [0.25, 0.3) is 0 Å². The van der Waals surface area contributed by atoms with E-state index in [2.05, 4.69) is 5.32 Å². The fraction of sp³-hybridized carbons (Fsp3) is 0.538. The third-order valence-electron chi connectivity index (χ3n) is 3.44. The molecule has 1 aliphatic rings. The lowest BCUT2D eigenvalue weighted by atomic mass is 9.81. The van der Waals surface area contributed by atoms with Gasteiger partial charge in [-0.3, -0.25) is 0 Å². The first-order valence-corrected chi connectivity index (χ1v) is 5.82. The summed E-state index contributed by atoms with van der Waals surface area (Å²) in [5, 5.41) is 3.25. The van der Waals surface area contributed by atoms with E-state index in [9.17, 15) is 8.78 Å². The van der Waals surface area contributed by atoms with Crippen LogP contribution in [0.3, 0.4) is 0 Å². The molecule has 1 aromatic rings. The Morgan fingerprint density at radius 1 is 1.12 bits per heavy atom. The molecule has 3 heteroatoms. The lowest BCUT2D eigenvalue weighted by Crippen LogP contribution is -2.30. The van der Waals surface area contributed by atoms with E-state index in [0.717, 1.165) is 37.3 Å². The van der Waals surface area contributed by atoms with Crippen LogP contribution in [0, 0.1) is 11.6 Å². The lowest BCUT2D eigenvalue weighted by molar-refractivity contribution is 0.354. The molecule has 0 saturated heterocycles. The third-order valence-corrected chi connectivity index (χ3v) is 3.44. The Balaban J connectivity index is 2.16. The van der Waals surface area contributed by atoms with Crippen LogP contribution >= 0.6 is 0 Å². The van der Waals surface area contributed by atoms with E-state index in [4.69, 9.17) is 0 Å². The monoisotopic (exact) mass is 225 g/mol. The number of hydrogen-bond acceptors (Lipinski definition) is 1. The summed E-state index contributed by atoms with van der Waals surface area (Å²) in [7, 11) is 1.94. The smallest absolute Gasteiger partial charge is 0.126 e. The van der Waals surface area contributed by atoms with Gasteiger partial charge in [-0.05, 0) is 49.9 Å². The van der Waals surface area contributed by atoms with Crippen LogP contribution < -0.4 is 5.32 Å². The number of halogens is 2. The molecule has 2 rings (SSSR count). The highest BCUT2D eigenvalue weighted by Gasteiger charge is 2.22. The topological polar surface area (TPSA) is 12.0 Å².